The molecule has 0 fully saturated rings. The molecule has 82 valence electrons. The standard InChI is InChI=1S/C10H9ClN4O/c11-6-1-2-8(7(5-6)10(13)16)15-4-3-9(12)14-15/h1-5H,(H2,12,14)(H2,13,16). The molecule has 0 radical (unpaired) electrons. The van der Waals surface area contributed by atoms with E-state index < -0.39 is 5.91 Å². The van der Waals surface area contributed by atoms with E-state index in [-0.39, 0.29) is 0 Å². The predicted molar refractivity (Wildman–Crippen MR) is 61.5 cm³/mol. The van der Waals surface area contributed by atoms with Gasteiger partial charge in [0, 0.05) is 17.3 Å². The van der Waals surface area contributed by atoms with Crippen LogP contribution in [0.4, 0.5) is 5.82 Å². The van der Waals surface area contributed by atoms with E-state index in [2.05, 4.69) is 5.10 Å². The number of nitrogen functional groups attached to an aromatic ring is 1. The average Bonchev–Trinajstić information content (AvgIpc) is 2.64. The van der Waals surface area contributed by atoms with Crippen LogP contribution in [0.1, 0.15) is 10.4 Å². The Hall–Kier alpha value is -2.01. The molecule has 6 heteroatoms. The molecular weight excluding hydrogens is 228 g/mol. The molecule has 0 atom stereocenters. The van der Waals surface area contributed by atoms with Crippen LogP contribution in [0.3, 0.4) is 0 Å². The Morgan fingerprint density at radius 2 is 2.12 bits per heavy atom. The minimum Gasteiger partial charge on any atom is -0.382 e. The molecule has 2 aromatic rings. The van der Waals surface area contributed by atoms with Gasteiger partial charge in [-0.3, -0.25) is 4.79 Å². The molecule has 0 aliphatic carbocycles. The van der Waals surface area contributed by atoms with Crippen molar-refractivity contribution in [2.45, 2.75) is 0 Å². The lowest BCUT2D eigenvalue weighted by Crippen LogP contribution is -2.15. The monoisotopic (exact) mass is 236 g/mol. The van der Waals surface area contributed by atoms with Gasteiger partial charge in [-0.05, 0) is 18.2 Å². The van der Waals surface area contributed by atoms with Crippen molar-refractivity contribution in [2.75, 3.05) is 5.73 Å². The lowest BCUT2D eigenvalue weighted by molar-refractivity contribution is 0.1000. The van der Waals surface area contributed by atoms with Crippen LogP contribution in [-0.2, 0) is 0 Å². The summed E-state index contributed by atoms with van der Waals surface area (Å²) in [6.07, 6.45) is 1.64. The Morgan fingerprint density at radius 1 is 1.38 bits per heavy atom. The zero-order valence-electron chi connectivity index (χ0n) is 8.22. The van der Waals surface area contributed by atoms with E-state index in [1.165, 1.54) is 10.7 Å². The molecular formula is C10H9ClN4O. The number of anilines is 1. The van der Waals surface area contributed by atoms with Gasteiger partial charge in [-0.25, -0.2) is 4.68 Å². The minimum atomic E-state index is -0.563. The summed E-state index contributed by atoms with van der Waals surface area (Å²) in [7, 11) is 0. The van der Waals surface area contributed by atoms with Crippen molar-refractivity contribution in [1.82, 2.24) is 9.78 Å². The summed E-state index contributed by atoms with van der Waals surface area (Å²) in [5, 5.41) is 4.44. The van der Waals surface area contributed by atoms with Crippen molar-refractivity contribution in [3.8, 4) is 5.69 Å². The predicted octanol–water partition coefficient (Wildman–Crippen LogP) is 1.21. The van der Waals surface area contributed by atoms with E-state index in [0.29, 0.717) is 22.1 Å². The molecule has 0 saturated carbocycles. The largest absolute Gasteiger partial charge is 0.382 e. The molecule has 0 spiro atoms. The topological polar surface area (TPSA) is 86.9 Å². The first-order valence-electron chi connectivity index (χ1n) is 4.49. The number of rotatable bonds is 2. The molecule has 0 aliphatic rings. The minimum absolute atomic E-state index is 0.301. The number of benzene rings is 1. The maximum Gasteiger partial charge on any atom is 0.250 e. The summed E-state index contributed by atoms with van der Waals surface area (Å²) in [4.78, 5) is 11.2. The first kappa shape index (κ1) is 10.5. The second-order valence-electron chi connectivity index (χ2n) is 3.21. The van der Waals surface area contributed by atoms with Gasteiger partial charge in [0.2, 0.25) is 0 Å². The van der Waals surface area contributed by atoms with Crippen molar-refractivity contribution in [1.29, 1.82) is 0 Å². The highest BCUT2D eigenvalue weighted by atomic mass is 35.5. The van der Waals surface area contributed by atoms with E-state index in [9.17, 15) is 4.79 Å². The summed E-state index contributed by atoms with van der Waals surface area (Å²) in [6, 6.07) is 6.44. The molecule has 1 aromatic heterocycles. The lowest BCUT2D eigenvalue weighted by Gasteiger charge is -2.06. The number of carbonyl (C=O) groups excluding carboxylic acids is 1. The van der Waals surface area contributed by atoms with Crippen LogP contribution in [-0.4, -0.2) is 15.7 Å². The first-order chi connectivity index (χ1) is 7.58. The Morgan fingerprint density at radius 3 is 2.69 bits per heavy atom. The fourth-order valence-corrected chi connectivity index (χ4v) is 1.55. The number of nitrogens with zero attached hydrogens (tertiary/aromatic N) is 2. The summed E-state index contributed by atoms with van der Waals surface area (Å²) >= 11 is 5.79. The normalized spacial score (nSPS) is 10.3. The van der Waals surface area contributed by atoms with Crippen molar-refractivity contribution in [3.05, 3.63) is 41.0 Å². The second kappa shape index (κ2) is 3.86. The summed E-state index contributed by atoms with van der Waals surface area (Å²) < 4.78 is 1.48. The smallest absolute Gasteiger partial charge is 0.250 e. The van der Waals surface area contributed by atoms with Gasteiger partial charge in [-0.1, -0.05) is 11.6 Å². The molecule has 0 aliphatic heterocycles. The van der Waals surface area contributed by atoms with Gasteiger partial charge in [0.15, 0.2) is 0 Å². The third kappa shape index (κ3) is 1.85. The third-order valence-corrected chi connectivity index (χ3v) is 2.32. The quantitative estimate of drug-likeness (QED) is 0.822. The number of carbonyl (C=O) groups is 1. The van der Waals surface area contributed by atoms with Gasteiger partial charge in [0.25, 0.3) is 5.91 Å². The van der Waals surface area contributed by atoms with Gasteiger partial charge < -0.3 is 11.5 Å². The molecule has 4 N–H and O–H groups in total. The van der Waals surface area contributed by atoms with Crippen LogP contribution >= 0.6 is 11.6 Å². The first-order valence-corrected chi connectivity index (χ1v) is 4.86. The highest BCUT2D eigenvalue weighted by Crippen LogP contribution is 2.19. The highest BCUT2D eigenvalue weighted by molar-refractivity contribution is 6.31. The third-order valence-electron chi connectivity index (χ3n) is 2.08. The number of primary amides is 1. The molecule has 2 rings (SSSR count). The van der Waals surface area contributed by atoms with E-state index >= 15 is 0 Å². The number of halogens is 1. The van der Waals surface area contributed by atoms with Crippen molar-refractivity contribution in [2.24, 2.45) is 5.73 Å². The second-order valence-corrected chi connectivity index (χ2v) is 3.65. The van der Waals surface area contributed by atoms with E-state index in [4.69, 9.17) is 23.1 Å². The summed E-state index contributed by atoms with van der Waals surface area (Å²) in [6.45, 7) is 0. The average molecular weight is 237 g/mol. The molecule has 0 saturated heterocycles. The van der Waals surface area contributed by atoms with Crippen molar-refractivity contribution >= 4 is 23.3 Å². The Bertz CT molecular complexity index is 550. The SMILES string of the molecule is NC(=O)c1cc(Cl)ccc1-n1ccc(N)n1. The van der Waals surface area contributed by atoms with Gasteiger partial charge >= 0.3 is 0 Å². The van der Waals surface area contributed by atoms with E-state index in [1.54, 1.807) is 24.4 Å². The molecule has 5 nitrogen and oxygen atoms in total. The molecule has 0 bridgehead atoms. The van der Waals surface area contributed by atoms with Crippen LogP contribution in [0.15, 0.2) is 30.5 Å². The highest BCUT2D eigenvalue weighted by Gasteiger charge is 2.11. The number of amides is 1. The number of aromatic nitrogens is 2. The van der Waals surface area contributed by atoms with Crippen molar-refractivity contribution in [3.63, 3.8) is 0 Å². The van der Waals surface area contributed by atoms with Gasteiger partial charge in [-0.15, -0.1) is 0 Å². The Balaban J connectivity index is 2.60. The molecule has 1 heterocycles. The van der Waals surface area contributed by atoms with Gasteiger partial charge in [0.1, 0.15) is 5.82 Å². The van der Waals surface area contributed by atoms with Crippen LogP contribution < -0.4 is 11.5 Å². The number of hydrogen-bond acceptors (Lipinski definition) is 3. The van der Waals surface area contributed by atoms with Crippen LogP contribution in [0.25, 0.3) is 5.69 Å². The van der Waals surface area contributed by atoms with Gasteiger partial charge in [0.05, 0.1) is 11.3 Å². The molecule has 0 unspecified atom stereocenters. The van der Waals surface area contributed by atoms with Gasteiger partial charge in [-0.2, -0.15) is 5.10 Å². The van der Waals surface area contributed by atoms with Crippen molar-refractivity contribution < 1.29 is 4.79 Å². The van der Waals surface area contributed by atoms with Crippen LogP contribution in [0.5, 0.6) is 0 Å². The molecule has 1 aromatic carbocycles. The lowest BCUT2D eigenvalue weighted by atomic mass is 10.1. The summed E-state index contributed by atoms with van der Waals surface area (Å²) in [5.74, 6) is -0.197. The zero-order valence-corrected chi connectivity index (χ0v) is 8.98. The number of hydrogen-bond donors (Lipinski definition) is 2. The maximum absolute atomic E-state index is 11.2. The fourth-order valence-electron chi connectivity index (χ4n) is 1.38. The molecule has 1 amide bonds. The zero-order chi connectivity index (χ0) is 11.7. The molecule has 16 heavy (non-hydrogen) atoms. The fraction of sp³-hybridized carbons (Fsp3) is 0. The summed E-state index contributed by atoms with van der Waals surface area (Å²) in [5.41, 5.74) is 11.6. The van der Waals surface area contributed by atoms with Crippen LogP contribution in [0, 0.1) is 0 Å². The number of nitrogens with two attached hydrogens (primary N) is 2. The Kier molecular flexibility index (Phi) is 2.54. The van der Waals surface area contributed by atoms with E-state index in [0.717, 1.165) is 0 Å². The van der Waals surface area contributed by atoms with Crippen LogP contribution in [0.2, 0.25) is 5.02 Å². The van der Waals surface area contributed by atoms with E-state index in [1.807, 2.05) is 0 Å². The Labute approximate surface area is 96.6 Å². The maximum atomic E-state index is 11.2.